The number of hydrogen-bond acceptors (Lipinski definition) is 8. The van der Waals surface area contributed by atoms with Crippen molar-refractivity contribution in [2.75, 3.05) is 13.2 Å². The summed E-state index contributed by atoms with van der Waals surface area (Å²) in [5, 5.41) is 19.7. The molecular weight excluding hydrogens is 392 g/mol. The number of benzene rings is 1. The van der Waals surface area contributed by atoms with Gasteiger partial charge < -0.3 is 19.7 Å². The standard InChI is InChI=1S/C22H22O8/c1-5-9-29-21(27)15-11-13(19(25)17(23)7-3)14(20(26)18(24)8-4)12-16(15)22(28)30-10-6-2/h5-8,11-12,17-18,23-24H,1-4,9-10H2. The van der Waals surface area contributed by atoms with Crippen LogP contribution >= 0.6 is 0 Å². The molecule has 0 fully saturated rings. The van der Waals surface area contributed by atoms with Gasteiger partial charge in [0.1, 0.15) is 25.4 Å². The first-order valence-electron chi connectivity index (χ1n) is 8.67. The van der Waals surface area contributed by atoms with Crippen LogP contribution in [0.15, 0.2) is 62.8 Å². The molecule has 0 aliphatic carbocycles. The van der Waals surface area contributed by atoms with Gasteiger partial charge in [0.25, 0.3) is 0 Å². The normalized spacial score (nSPS) is 12.1. The summed E-state index contributed by atoms with van der Waals surface area (Å²) in [5.41, 5.74) is -1.59. The van der Waals surface area contributed by atoms with Crippen molar-refractivity contribution in [2.24, 2.45) is 0 Å². The minimum absolute atomic E-state index is 0.186. The highest BCUT2D eigenvalue weighted by molar-refractivity contribution is 6.15. The van der Waals surface area contributed by atoms with Gasteiger partial charge in [-0.25, -0.2) is 9.59 Å². The number of hydrogen-bond donors (Lipinski definition) is 2. The number of rotatable bonds is 12. The van der Waals surface area contributed by atoms with E-state index in [1.165, 1.54) is 12.2 Å². The molecule has 158 valence electrons. The van der Waals surface area contributed by atoms with Crippen LogP contribution in [0.2, 0.25) is 0 Å². The van der Waals surface area contributed by atoms with Crippen molar-refractivity contribution in [3.8, 4) is 0 Å². The van der Waals surface area contributed by atoms with Crippen LogP contribution in [0.5, 0.6) is 0 Å². The summed E-state index contributed by atoms with van der Waals surface area (Å²) in [6.45, 7) is 13.1. The van der Waals surface area contributed by atoms with Crippen LogP contribution in [0.1, 0.15) is 41.4 Å². The molecular formula is C22H22O8. The number of Topliss-reactive ketones (excluding diaryl/α,β-unsaturated/α-hetero) is 2. The van der Waals surface area contributed by atoms with E-state index in [4.69, 9.17) is 9.47 Å². The van der Waals surface area contributed by atoms with E-state index < -0.39 is 46.8 Å². The Labute approximate surface area is 173 Å². The molecule has 2 unspecified atom stereocenters. The van der Waals surface area contributed by atoms with Crippen molar-refractivity contribution >= 4 is 23.5 Å². The molecule has 8 heteroatoms. The summed E-state index contributed by atoms with van der Waals surface area (Å²) in [6.07, 6.45) is 1.02. The van der Waals surface area contributed by atoms with Gasteiger partial charge >= 0.3 is 11.9 Å². The molecule has 0 aromatic heterocycles. The second-order valence-electron chi connectivity index (χ2n) is 5.81. The number of ketones is 2. The predicted molar refractivity (Wildman–Crippen MR) is 108 cm³/mol. The highest BCUT2D eigenvalue weighted by Gasteiger charge is 2.30. The summed E-state index contributed by atoms with van der Waals surface area (Å²) in [7, 11) is 0. The quantitative estimate of drug-likeness (QED) is 0.301. The fourth-order valence-electron chi connectivity index (χ4n) is 2.30. The van der Waals surface area contributed by atoms with Crippen molar-refractivity contribution in [2.45, 2.75) is 12.2 Å². The maximum absolute atomic E-state index is 12.6. The Kier molecular flexibility index (Phi) is 9.28. The highest BCUT2D eigenvalue weighted by atomic mass is 16.5. The van der Waals surface area contributed by atoms with Gasteiger partial charge in [0, 0.05) is 11.1 Å². The third kappa shape index (κ3) is 5.69. The predicted octanol–water partition coefficient (Wildman–Crippen LogP) is 1.83. The van der Waals surface area contributed by atoms with E-state index >= 15 is 0 Å². The molecule has 2 N–H and O–H groups in total. The summed E-state index contributed by atoms with van der Waals surface area (Å²) in [4.78, 5) is 50.0. The van der Waals surface area contributed by atoms with Crippen LogP contribution in [0.4, 0.5) is 0 Å². The molecule has 0 aliphatic rings. The molecule has 0 heterocycles. The Morgan fingerprint density at radius 2 is 1.07 bits per heavy atom. The average molecular weight is 414 g/mol. The minimum Gasteiger partial charge on any atom is -0.458 e. The summed E-state index contributed by atoms with van der Waals surface area (Å²) < 4.78 is 9.87. The van der Waals surface area contributed by atoms with E-state index in [1.807, 2.05) is 0 Å². The van der Waals surface area contributed by atoms with Crippen LogP contribution in [0.25, 0.3) is 0 Å². The van der Waals surface area contributed by atoms with Crippen LogP contribution < -0.4 is 0 Å². The lowest BCUT2D eigenvalue weighted by molar-refractivity contribution is 0.0502. The number of aliphatic hydroxyl groups is 2. The van der Waals surface area contributed by atoms with E-state index in [2.05, 4.69) is 26.3 Å². The SMILES string of the molecule is C=CCOC(=O)c1cc(C(=O)C(O)C=C)c(C(=O)C(O)C=C)cc1C(=O)OCC=C. The zero-order valence-corrected chi connectivity index (χ0v) is 16.2. The second-order valence-corrected chi connectivity index (χ2v) is 5.81. The molecule has 0 saturated carbocycles. The fourth-order valence-corrected chi connectivity index (χ4v) is 2.30. The largest absolute Gasteiger partial charge is 0.458 e. The third-order valence-electron chi connectivity index (χ3n) is 3.78. The summed E-state index contributed by atoms with van der Waals surface area (Å²) >= 11 is 0. The van der Waals surface area contributed by atoms with Gasteiger partial charge in [0.05, 0.1) is 11.1 Å². The monoisotopic (exact) mass is 414 g/mol. The van der Waals surface area contributed by atoms with Crippen molar-refractivity contribution in [3.05, 3.63) is 85.0 Å². The highest BCUT2D eigenvalue weighted by Crippen LogP contribution is 2.23. The lowest BCUT2D eigenvalue weighted by Gasteiger charge is -2.16. The Morgan fingerprint density at radius 3 is 1.33 bits per heavy atom. The fraction of sp³-hybridized carbons (Fsp3) is 0.182. The zero-order valence-electron chi connectivity index (χ0n) is 16.2. The first-order valence-corrected chi connectivity index (χ1v) is 8.67. The topological polar surface area (TPSA) is 127 Å². The van der Waals surface area contributed by atoms with E-state index in [-0.39, 0.29) is 24.3 Å². The molecule has 0 amide bonds. The van der Waals surface area contributed by atoms with Crippen molar-refractivity contribution in [1.82, 2.24) is 0 Å². The lowest BCUT2D eigenvalue weighted by Crippen LogP contribution is -2.27. The van der Waals surface area contributed by atoms with Crippen molar-refractivity contribution in [3.63, 3.8) is 0 Å². The van der Waals surface area contributed by atoms with Crippen molar-refractivity contribution in [1.29, 1.82) is 0 Å². The molecule has 0 spiro atoms. The van der Waals surface area contributed by atoms with Gasteiger partial charge in [-0.2, -0.15) is 0 Å². The van der Waals surface area contributed by atoms with Gasteiger partial charge in [-0.1, -0.05) is 37.5 Å². The number of carbonyl (C=O) groups is 4. The zero-order chi connectivity index (χ0) is 22.8. The second kappa shape index (κ2) is 11.4. The Bertz CT molecular complexity index is 824. The van der Waals surface area contributed by atoms with Crippen LogP contribution in [-0.4, -0.2) is 59.1 Å². The van der Waals surface area contributed by atoms with E-state index in [0.717, 1.165) is 24.3 Å². The number of ether oxygens (including phenoxy) is 2. The minimum atomic E-state index is -1.70. The van der Waals surface area contributed by atoms with E-state index in [0.29, 0.717) is 0 Å². The molecule has 2 atom stereocenters. The Morgan fingerprint density at radius 1 is 0.733 bits per heavy atom. The molecule has 1 aromatic carbocycles. The van der Waals surface area contributed by atoms with Gasteiger partial charge in [-0.05, 0) is 12.1 Å². The lowest BCUT2D eigenvalue weighted by atomic mass is 9.90. The van der Waals surface area contributed by atoms with Crippen molar-refractivity contribution < 1.29 is 38.9 Å². The van der Waals surface area contributed by atoms with Crippen LogP contribution in [0.3, 0.4) is 0 Å². The molecule has 8 nitrogen and oxygen atoms in total. The molecule has 30 heavy (non-hydrogen) atoms. The van der Waals surface area contributed by atoms with Gasteiger partial charge in [0.15, 0.2) is 11.6 Å². The van der Waals surface area contributed by atoms with Gasteiger partial charge in [-0.15, -0.1) is 13.2 Å². The number of esters is 2. The van der Waals surface area contributed by atoms with E-state index in [1.54, 1.807) is 0 Å². The molecule has 1 aromatic rings. The molecule has 1 rings (SSSR count). The third-order valence-corrected chi connectivity index (χ3v) is 3.78. The first kappa shape index (κ1) is 24.4. The summed E-state index contributed by atoms with van der Waals surface area (Å²) in [6, 6.07) is 1.85. The Hall–Kier alpha value is -3.62. The average Bonchev–Trinajstić information content (AvgIpc) is 2.77. The van der Waals surface area contributed by atoms with Crippen LogP contribution in [0, 0.1) is 0 Å². The molecule has 0 saturated heterocycles. The molecule has 0 radical (unpaired) electrons. The maximum atomic E-state index is 12.6. The maximum Gasteiger partial charge on any atom is 0.339 e. The van der Waals surface area contributed by atoms with E-state index in [9.17, 15) is 29.4 Å². The van der Waals surface area contributed by atoms with Gasteiger partial charge in [-0.3, -0.25) is 9.59 Å². The number of carbonyl (C=O) groups excluding carboxylic acids is 4. The van der Waals surface area contributed by atoms with Gasteiger partial charge in [0.2, 0.25) is 0 Å². The number of aliphatic hydroxyl groups excluding tert-OH is 2. The first-order chi connectivity index (χ1) is 14.2. The summed E-state index contributed by atoms with van der Waals surface area (Å²) in [5.74, 6) is -3.95. The molecule has 0 aliphatic heterocycles. The Balaban J connectivity index is 3.79. The van der Waals surface area contributed by atoms with Crippen LogP contribution in [-0.2, 0) is 9.47 Å². The molecule has 0 bridgehead atoms. The smallest absolute Gasteiger partial charge is 0.339 e.